The van der Waals surface area contributed by atoms with E-state index in [-0.39, 0.29) is 24.4 Å². The van der Waals surface area contributed by atoms with Crippen LogP contribution in [0.1, 0.15) is 18.9 Å². The van der Waals surface area contributed by atoms with Gasteiger partial charge in [0.15, 0.2) is 0 Å². The first kappa shape index (κ1) is 16.4. The summed E-state index contributed by atoms with van der Waals surface area (Å²) >= 11 is 3.42. The summed E-state index contributed by atoms with van der Waals surface area (Å²) in [6.45, 7) is 2.39. The monoisotopic (exact) mass is 320 g/mol. The van der Waals surface area contributed by atoms with Crippen molar-refractivity contribution in [1.29, 1.82) is 0 Å². The van der Waals surface area contributed by atoms with Crippen molar-refractivity contribution in [1.82, 2.24) is 5.32 Å². The average Bonchev–Trinajstić information content (AvgIpc) is 2.17. The van der Waals surface area contributed by atoms with Crippen LogP contribution in [-0.2, 0) is 11.2 Å². The summed E-state index contributed by atoms with van der Waals surface area (Å²) in [7, 11) is 0. The molecule has 1 aromatic rings. The number of nitrogens with two attached hydrogens (primary N) is 1. The highest BCUT2D eigenvalue weighted by molar-refractivity contribution is 9.10. The Morgan fingerprint density at radius 2 is 2.24 bits per heavy atom. The van der Waals surface area contributed by atoms with Crippen LogP contribution in [0.25, 0.3) is 0 Å². The highest BCUT2D eigenvalue weighted by atomic mass is 79.9. The van der Waals surface area contributed by atoms with E-state index in [9.17, 15) is 4.79 Å². The lowest BCUT2D eigenvalue weighted by Gasteiger charge is -2.13. The van der Waals surface area contributed by atoms with Crippen molar-refractivity contribution in [2.24, 2.45) is 5.73 Å². The molecule has 0 bridgehead atoms. The summed E-state index contributed by atoms with van der Waals surface area (Å²) < 4.78 is 1.06. The molecule has 17 heavy (non-hydrogen) atoms. The van der Waals surface area contributed by atoms with Crippen LogP contribution in [0.5, 0.6) is 0 Å². The zero-order valence-electron chi connectivity index (χ0n) is 9.78. The Bertz CT molecular complexity index is 360. The molecule has 96 valence electrons. The van der Waals surface area contributed by atoms with Gasteiger partial charge in [0.05, 0.1) is 0 Å². The molecule has 1 unspecified atom stereocenters. The topological polar surface area (TPSA) is 55.1 Å². The van der Waals surface area contributed by atoms with Gasteiger partial charge < -0.3 is 11.1 Å². The van der Waals surface area contributed by atoms with Gasteiger partial charge in [-0.25, -0.2) is 0 Å². The van der Waals surface area contributed by atoms with Crippen LogP contribution in [-0.4, -0.2) is 18.5 Å². The maximum atomic E-state index is 11.3. The van der Waals surface area contributed by atoms with Gasteiger partial charge in [-0.05, 0) is 31.0 Å². The van der Waals surface area contributed by atoms with Gasteiger partial charge in [-0.15, -0.1) is 12.4 Å². The number of hydrogen-bond acceptors (Lipinski definition) is 2. The Balaban J connectivity index is 0.00000256. The van der Waals surface area contributed by atoms with E-state index < -0.39 is 0 Å². The average molecular weight is 322 g/mol. The van der Waals surface area contributed by atoms with Crippen molar-refractivity contribution in [3.8, 4) is 0 Å². The molecular formula is C12H18BrClN2O. The van der Waals surface area contributed by atoms with Crippen LogP contribution in [0.2, 0.25) is 0 Å². The summed E-state index contributed by atoms with van der Waals surface area (Å²) in [6, 6.07) is 8.23. The standard InChI is InChI=1S/C12H17BrN2O.ClH/c1-9(15-12(16)5-6-14)7-10-3-2-4-11(13)8-10;/h2-4,8-9H,5-7,14H2,1H3,(H,15,16);1H. The van der Waals surface area contributed by atoms with Crippen molar-refractivity contribution in [2.75, 3.05) is 6.54 Å². The highest BCUT2D eigenvalue weighted by Gasteiger charge is 2.07. The predicted molar refractivity (Wildman–Crippen MR) is 76.4 cm³/mol. The zero-order valence-corrected chi connectivity index (χ0v) is 12.2. The Morgan fingerprint density at radius 3 is 2.82 bits per heavy atom. The van der Waals surface area contributed by atoms with E-state index in [1.54, 1.807) is 0 Å². The van der Waals surface area contributed by atoms with Crippen LogP contribution in [0.3, 0.4) is 0 Å². The Kier molecular flexibility index (Phi) is 8.21. The van der Waals surface area contributed by atoms with Gasteiger partial charge in [0.2, 0.25) is 5.91 Å². The molecule has 5 heteroatoms. The van der Waals surface area contributed by atoms with Gasteiger partial charge in [0.25, 0.3) is 0 Å². The number of benzene rings is 1. The second-order valence-electron chi connectivity index (χ2n) is 3.84. The van der Waals surface area contributed by atoms with E-state index in [2.05, 4.69) is 33.4 Å². The van der Waals surface area contributed by atoms with Gasteiger partial charge >= 0.3 is 0 Å². The lowest BCUT2D eigenvalue weighted by atomic mass is 10.1. The molecule has 0 aromatic heterocycles. The molecule has 3 nitrogen and oxygen atoms in total. The molecule has 0 aliphatic rings. The Hall–Kier alpha value is -0.580. The second-order valence-corrected chi connectivity index (χ2v) is 4.76. The van der Waals surface area contributed by atoms with Crippen LogP contribution < -0.4 is 11.1 Å². The summed E-state index contributed by atoms with van der Waals surface area (Å²) in [6.07, 6.45) is 1.22. The fraction of sp³-hybridized carbons (Fsp3) is 0.417. The fourth-order valence-corrected chi connectivity index (χ4v) is 1.99. The van der Waals surface area contributed by atoms with E-state index >= 15 is 0 Å². The van der Waals surface area contributed by atoms with Gasteiger partial charge in [0, 0.05) is 23.5 Å². The normalized spacial score (nSPS) is 11.5. The molecule has 0 radical (unpaired) electrons. The quantitative estimate of drug-likeness (QED) is 0.874. The molecule has 1 amide bonds. The third kappa shape index (κ3) is 6.66. The minimum Gasteiger partial charge on any atom is -0.353 e. The SMILES string of the molecule is CC(Cc1cccc(Br)c1)NC(=O)CCN.Cl. The predicted octanol–water partition coefficient (Wildman–Crippen LogP) is 2.27. The molecule has 0 aliphatic carbocycles. The summed E-state index contributed by atoms with van der Waals surface area (Å²) in [5, 5.41) is 2.91. The molecule has 1 atom stereocenters. The molecule has 1 aromatic carbocycles. The molecule has 0 saturated carbocycles. The van der Waals surface area contributed by atoms with E-state index in [4.69, 9.17) is 5.73 Å². The van der Waals surface area contributed by atoms with Crippen molar-refractivity contribution >= 4 is 34.2 Å². The second kappa shape index (κ2) is 8.50. The number of hydrogen-bond donors (Lipinski definition) is 2. The molecular weight excluding hydrogens is 304 g/mol. The molecule has 0 saturated heterocycles. The van der Waals surface area contributed by atoms with E-state index in [1.807, 2.05) is 19.1 Å². The van der Waals surface area contributed by atoms with Gasteiger partial charge in [0.1, 0.15) is 0 Å². The molecule has 0 aliphatic heterocycles. The highest BCUT2D eigenvalue weighted by Crippen LogP contribution is 2.13. The lowest BCUT2D eigenvalue weighted by Crippen LogP contribution is -2.35. The number of halogens is 2. The van der Waals surface area contributed by atoms with Gasteiger partial charge in [-0.3, -0.25) is 4.79 Å². The number of carbonyl (C=O) groups is 1. The Labute approximate surface area is 117 Å². The first-order valence-electron chi connectivity index (χ1n) is 5.35. The maximum Gasteiger partial charge on any atom is 0.221 e. The van der Waals surface area contributed by atoms with Crippen LogP contribution >= 0.6 is 28.3 Å². The van der Waals surface area contributed by atoms with Crippen molar-refractivity contribution < 1.29 is 4.79 Å². The van der Waals surface area contributed by atoms with Crippen LogP contribution in [0.15, 0.2) is 28.7 Å². The molecule has 0 heterocycles. The van der Waals surface area contributed by atoms with Gasteiger partial charge in [-0.1, -0.05) is 28.1 Å². The summed E-state index contributed by atoms with van der Waals surface area (Å²) in [4.78, 5) is 11.3. The molecule has 0 spiro atoms. The molecule has 3 N–H and O–H groups in total. The number of nitrogens with one attached hydrogen (secondary N) is 1. The van der Waals surface area contributed by atoms with E-state index in [0.717, 1.165) is 10.9 Å². The zero-order chi connectivity index (χ0) is 12.0. The maximum absolute atomic E-state index is 11.3. The number of amides is 1. The summed E-state index contributed by atoms with van der Waals surface area (Å²) in [5.41, 5.74) is 6.51. The van der Waals surface area contributed by atoms with Gasteiger partial charge in [-0.2, -0.15) is 0 Å². The fourth-order valence-electron chi connectivity index (χ4n) is 1.55. The van der Waals surface area contributed by atoms with Crippen LogP contribution in [0, 0.1) is 0 Å². The van der Waals surface area contributed by atoms with Crippen LogP contribution in [0.4, 0.5) is 0 Å². The Morgan fingerprint density at radius 1 is 1.53 bits per heavy atom. The van der Waals surface area contributed by atoms with Crippen molar-refractivity contribution in [3.05, 3.63) is 34.3 Å². The minimum absolute atomic E-state index is 0. The third-order valence-corrected chi connectivity index (χ3v) is 2.70. The minimum atomic E-state index is 0. The van der Waals surface area contributed by atoms with E-state index in [1.165, 1.54) is 5.56 Å². The third-order valence-electron chi connectivity index (χ3n) is 2.21. The van der Waals surface area contributed by atoms with Crippen molar-refractivity contribution in [3.63, 3.8) is 0 Å². The smallest absolute Gasteiger partial charge is 0.221 e. The van der Waals surface area contributed by atoms with Crippen molar-refractivity contribution in [2.45, 2.75) is 25.8 Å². The lowest BCUT2D eigenvalue weighted by molar-refractivity contribution is -0.121. The molecule has 0 fully saturated rings. The summed E-state index contributed by atoms with van der Waals surface area (Å²) in [5.74, 6) is 0.0185. The van der Waals surface area contributed by atoms with E-state index in [0.29, 0.717) is 13.0 Å². The largest absolute Gasteiger partial charge is 0.353 e. The number of rotatable bonds is 5. The molecule has 1 rings (SSSR count). The first-order chi connectivity index (χ1) is 7.61. The number of carbonyl (C=O) groups excluding carboxylic acids is 1. The first-order valence-corrected chi connectivity index (χ1v) is 6.15.